The van der Waals surface area contributed by atoms with Crippen molar-refractivity contribution < 1.29 is 9.53 Å². The van der Waals surface area contributed by atoms with E-state index in [0.717, 1.165) is 18.8 Å². The second-order valence-electron chi connectivity index (χ2n) is 9.24. The Morgan fingerprint density at radius 3 is 2.70 bits per heavy atom. The summed E-state index contributed by atoms with van der Waals surface area (Å²) in [6.45, 7) is 9.18. The monoisotopic (exact) mass is 320 g/mol. The van der Waals surface area contributed by atoms with Gasteiger partial charge in [-0.05, 0) is 63.2 Å². The molecule has 0 spiro atoms. The lowest BCUT2D eigenvalue weighted by molar-refractivity contribution is -0.217. The van der Waals surface area contributed by atoms with Gasteiger partial charge < -0.3 is 4.74 Å². The maximum Gasteiger partial charge on any atom is 0.139 e. The smallest absolute Gasteiger partial charge is 0.139 e. The molecule has 0 aromatic rings. The fraction of sp³-hybridized carbons (Fsp3) is 0.952. The summed E-state index contributed by atoms with van der Waals surface area (Å²) in [4.78, 5) is 13.0. The summed E-state index contributed by atoms with van der Waals surface area (Å²) in [6, 6.07) is 0. The second kappa shape index (κ2) is 6.86. The Kier molecular flexibility index (Phi) is 5.21. The Morgan fingerprint density at radius 2 is 1.96 bits per heavy atom. The molecule has 4 unspecified atom stereocenters. The second-order valence-corrected chi connectivity index (χ2v) is 9.24. The Hall–Kier alpha value is -0.370. The third-order valence-corrected chi connectivity index (χ3v) is 7.01. The summed E-state index contributed by atoms with van der Waals surface area (Å²) in [7, 11) is 0. The topological polar surface area (TPSA) is 26.3 Å². The zero-order chi connectivity index (χ0) is 16.6. The molecule has 3 rings (SSSR count). The number of ether oxygens (including phenoxy) is 1. The van der Waals surface area contributed by atoms with Crippen LogP contribution in [0.2, 0.25) is 0 Å². The molecule has 0 N–H and O–H groups in total. The van der Waals surface area contributed by atoms with Crippen LogP contribution in [0.1, 0.15) is 85.5 Å². The minimum Gasteiger partial charge on any atom is -0.371 e. The van der Waals surface area contributed by atoms with E-state index in [2.05, 4.69) is 27.7 Å². The highest BCUT2D eigenvalue weighted by atomic mass is 16.5. The Balaban J connectivity index is 1.73. The van der Waals surface area contributed by atoms with E-state index in [1.165, 1.54) is 44.9 Å². The van der Waals surface area contributed by atoms with Crippen molar-refractivity contribution in [2.24, 2.45) is 29.6 Å². The number of fused-ring (bicyclic) bond motifs is 3. The fourth-order valence-electron chi connectivity index (χ4n) is 5.89. The van der Waals surface area contributed by atoms with Gasteiger partial charge in [0.1, 0.15) is 5.78 Å². The maximum atomic E-state index is 13.0. The van der Waals surface area contributed by atoms with Gasteiger partial charge >= 0.3 is 0 Å². The van der Waals surface area contributed by atoms with Crippen molar-refractivity contribution in [2.75, 3.05) is 0 Å². The van der Waals surface area contributed by atoms with E-state index in [-0.39, 0.29) is 17.6 Å². The Morgan fingerprint density at radius 1 is 1.17 bits per heavy atom. The molecule has 2 nitrogen and oxygen atoms in total. The number of rotatable bonds is 4. The third-order valence-electron chi connectivity index (χ3n) is 7.01. The summed E-state index contributed by atoms with van der Waals surface area (Å²) < 4.78 is 6.57. The minimum atomic E-state index is -0.0441. The molecular formula is C21H36O2. The Bertz CT molecular complexity index is 428. The SMILES string of the molecule is CCCCCC1CC(=O)C2C(C1)OC(C)(C)[C@@H]1CCC(C)C[C@@H]21. The average Bonchev–Trinajstić information content (AvgIpc) is 2.46. The third kappa shape index (κ3) is 3.52. The van der Waals surface area contributed by atoms with E-state index < -0.39 is 0 Å². The van der Waals surface area contributed by atoms with Crippen molar-refractivity contribution >= 4 is 5.78 Å². The van der Waals surface area contributed by atoms with Gasteiger partial charge in [0.15, 0.2) is 0 Å². The first kappa shape index (κ1) is 17.5. The number of ketones is 1. The molecule has 0 bridgehead atoms. The van der Waals surface area contributed by atoms with Crippen molar-refractivity contribution in [3.8, 4) is 0 Å². The molecule has 6 atom stereocenters. The van der Waals surface area contributed by atoms with Crippen LogP contribution in [0.4, 0.5) is 0 Å². The first-order valence-corrected chi connectivity index (χ1v) is 10.1. The van der Waals surface area contributed by atoms with Crippen LogP contribution in [0, 0.1) is 29.6 Å². The van der Waals surface area contributed by atoms with Gasteiger partial charge in [0, 0.05) is 12.3 Å². The van der Waals surface area contributed by atoms with Crippen LogP contribution in [-0.4, -0.2) is 17.5 Å². The average molecular weight is 321 g/mol. The number of unbranched alkanes of at least 4 members (excludes halogenated alkanes) is 2. The number of hydrogen-bond acceptors (Lipinski definition) is 2. The van der Waals surface area contributed by atoms with E-state index in [4.69, 9.17) is 4.74 Å². The van der Waals surface area contributed by atoms with E-state index in [9.17, 15) is 4.79 Å². The molecule has 1 heterocycles. The minimum absolute atomic E-state index is 0.0441. The molecular weight excluding hydrogens is 284 g/mol. The predicted molar refractivity (Wildman–Crippen MR) is 94.3 cm³/mol. The lowest BCUT2D eigenvalue weighted by Crippen LogP contribution is -2.58. The molecule has 3 aliphatic rings. The number of carbonyl (C=O) groups is 1. The van der Waals surface area contributed by atoms with Gasteiger partial charge in [-0.1, -0.05) is 39.5 Å². The van der Waals surface area contributed by atoms with Crippen LogP contribution in [0.5, 0.6) is 0 Å². The van der Waals surface area contributed by atoms with Gasteiger partial charge in [-0.25, -0.2) is 0 Å². The van der Waals surface area contributed by atoms with Gasteiger partial charge in [0.05, 0.1) is 11.7 Å². The summed E-state index contributed by atoms with van der Waals surface area (Å²) in [5, 5.41) is 0. The normalized spacial score (nSPS) is 42.9. The molecule has 0 radical (unpaired) electrons. The van der Waals surface area contributed by atoms with Gasteiger partial charge in [-0.3, -0.25) is 4.79 Å². The van der Waals surface area contributed by atoms with Gasteiger partial charge in [-0.15, -0.1) is 0 Å². The highest BCUT2D eigenvalue weighted by Crippen LogP contribution is 2.53. The maximum absolute atomic E-state index is 13.0. The summed E-state index contributed by atoms with van der Waals surface area (Å²) in [5.41, 5.74) is -0.0441. The number of Topliss-reactive ketones (excluding diaryl/α,β-unsaturated/α-hetero) is 1. The zero-order valence-corrected chi connectivity index (χ0v) is 15.6. The standard InChI is InChI=1S/C21H36O2/c1-5-6-7-8-15-12-18(22)20-16-11-14(2)9-10-17(16)21(3,4)23-19(20)13-15/h14-17,19-20H,5-13H2,1-4H3/t14?,15?,16-,17-,19?,20?/m1/s1. The van der Waals surface area contributed by atoms with Crippen LogP contribution >= 0.6 is 0 Å². The van der Waals surface area contributed by atoms with Crippen molar-refractivity contribution in [3.05, 3.63) is 0 Å². The summed E-state index contributed by atoms with van der Waals surface area (Å²) in [5.74, 6) is 3.25. The molecule has 1 saturated heterocycles. The molecule has 0 aromatic heterocycles. The largest absolute Gasteiger partial charge is 0.371 e. The van der Waals surface area contributed by atoms with E-state index in [1.54, 1.807) is 0 Å². The first-order valence-electron chi connectivity index (χ1n) is 10.1. The van der Waals surface area contributed by atoms with Crippen LogP contribution in [0.15, 0.2) is 0 Å². The Labute approximate surface area is 142 Å². The highest BCUT2D eigenvalue weighted by molar-refractivity contribution is 5.83. The predicted octanol–water partition coefficient (Wildman–Crippen LogP) is 5.39. The van der Waals surface area contributed by atoms with Gasteiger partial charge in [-0.2, -0.15) is 0 Å². The zero-order valence-electron chi connectivity index (χ0n) is 15.6. The number of carbonyl (C=O) groups excluding carboxylic acids is 1. The first-order chi connectivity index (χ1) is 10.9. The summed E-state index contributed by atoms with van der Waals surface area (Å²) >= 11 is 0. The van der Waals surface area contributed by atoms with Crippen LogP contribution in [0.3, 0.4) is 0 Å². The quantitative estimate of drug-likeness (QED) is 0.649. The molecule has 2 heteroatoms. The lowest BCUT2D eigenvalue weighted by Gasteiger charge is -2.56. The van der Waals surface area contributed by atoms with E-state index in [0.29, 0.717) is 23.5 Å². The van der Waals surface area contributed by atoms with Crippen molar-refractivity contribution in [3.63, 3.8) is 0 Å². The van der Waals surface area contributed by atoms with Crippen molar-refractivity contribution in [1.29, 1.82) is 0 Å². The number of hydrogen-bond donors (Lipinski definition) is 0. The molecule has 23 heavy (non-hydrogen) atoms. The lowest BCUT2D eigenvalue weighted by atomic mass is 9.57. The molecule has 2 aliphatic carbocycles. The molecule has 0 amide bonds. The van der Waals surface area contributed by atoms with Crippen molar-refractivity contribution in [2.45, 2.75) is 97.2 Å². The molecule has 1 aliphatic heterocycles. The molecule has 2 saturated carbocycles. The molecule has 132 valence electrons. The molecule has 3 fully saturated rings. The van der Waals surface area contributed by atoms with Crippen LogP contribution < -0.4 is 0 Å². The highest BCUT2D eigenvalue weighted by Gasteiger charge is 2.54. The van der Waals surface area contributed by atoms with Crippen LogP contribution in [0.25, 0.3) is 0 Å². The fourth-order valence-corrected chi connectivity index (χ4v) is 5.89. The van der Waals surface area contributed by atoms with E-state index >= 15 is 0 Å². The van der Waals surface area contributed by atoms with Gasteiger partial charge in [0.2, 0.25) is 0 Å². The van der Waals surface area contributed by atoms with Gasteiger partial charge in [0.25, 0.3) is 0 Å². The summed E-state index contributed by atoms with van der Waals surface area (Å²) in [6.07, 6.45) is 11.0. The molecule has 0 aromatic carbocycles. The van der Waals surface area contributed by atoms with Crippen LogP contribution in [-0.2, 0) is 9.53 Å². The van der Waals surface area contributed by atoms with Crippen molar-refractivity contribution in [1.82, 2.24) is 0 Å². The van der Waals surface area contributed by atoms with E-state index in [1.807, 2.05) is 0 Å².